The number of hydrogen-bond acceptors (Lipinski definition) is 3. The van der Waals surface area contributed by atoms with E-state index in [1.807, 2.05) is 7.05 Å². The van der Waals surface area contributed by atoms with Crippen molar-refractivity contribution in [2.24, 2.45) is 0 Å². The van der Waals surface area contributed by atoms with E-state index < -0.39 is 0 Å². The van der Waals surface area contributed by atoms with E-state index in [1.54, 1.807) is 0 Å². The van der Waals surface area contributed by atoms with Crippen molar-refractivity contribution in [2.45, 2.75) is 44.5 Å². The molecule has 0 bridgehead atoms. The highest BCUT2D eigenvalue weighted by atomic mass is 16.5. The molecule has 3 unspecified atom stereocenters. The molecule has 0 spiro atoms. The molecule has 0 aliphatic carbocycles. The van der Waals surface area contributed by atoms with Crippen molar-refractivity contribution in [3.8, 4) is 0 Å². The van der Waals surface area contributed by atoms with E-state index in [2.05, 4.69) is 12.2 Å². The molecular weight excluding hydrogens is 154 g/mol. The summed E-state index contributed by atoms with van der Waals surface area (Å²) in [7, 11) is 1.85. The van der Waals surface area contributed by atoms with Gasteiger partial charge in [0.1, 0.15) is 0 Å². The molecule has 0 amide bonds. The average Bonchev–Trinajstić information content (AvgIpc) is 2.36. The van der Waals surface area contributed by atoms with Gasteiger partial charge in [0.25, 0.3) is 0 Å². The van der Waals surface area contributed by atoms with Gasteiger partial charge >= 0.3 is 0 Å². The minimum atomic E-state index is -0.259. The molecule has 72 valence electrons. The van der Waals surface area contributed by atoms with Gasteiger partial charge in [-0.3, -0.25) is 0 Å². The van der Waals surface area contributed by atoms with Crippen molar-refractivity contribution in [1.29, 1.82) is 0 Å². The molecule has 3 atom stereocenters. The molecule has 1 saturated heterocycles. The molecule has 0 aromatic rings. The summed E-state index contributed by atoms with van der Waals surface area (Å²) in [6.45, 7) is 2.75. The minimum Gasteiger partial charge on any atom is -0.392 e. The Morgan fingerprint density at radius 1 is 1.58 bits per heavy atom. The first-order valence-electron chi connectivity index (χ1n) is 4.70. The van der Waals surface area contributed by atoms with E-state index in [0.717, 1.165) is 19.3 Å². The van der Waals surface area contributed by atoms with Gasteiger partial charge < -0.3 is 15.2 Å². The smallest absolute Gasteiger partial charge is 0.0689 e. The molecule has 3 heteroatoms. The van der Waals surface area contributed by atoms with Crippen LogP contribution in [0.4, 0.5) is 0 Å². The zero-order chi connectivity index (χ0) is 8.97. The lowest BCUT2D eigenvalue weighted by Gasteiger charge is -2.15. The van der Waals surface area contributed by atoms with Crippen molar-refractivity contribution < 1.29 is 9.84 Å². The van der Waals surface area contributed by atoms with Crippen LogP contribution in [0.1, 0.15) is 26.2 Å². The lowest BCUT2D eigenvalue weighted by molar-refractivity contribution is 0.0205. The van der Waals surface area contributed by atoms with Crippen LogP contribution in [0.5, 0.6) is 0 Å². The molecule has 1 heterocycles. The van der Waals surface area contributed by atoms with Crippen LogP contribution in [-0.2, 0) is 4.74 Å². The summed E-state index contributed by atoms with van der Waals surface area (Å²) in [4.78, 5) is 0. The summed E-state index contributed by atoms with van der Waals surface area (Å²) < 4.78 is 5.59. The Morgan fingerprint density at radius 3 is 2.83 bits per heavy atom. The molecule has 0 saturated carbocycles. The Hall–Kier alpha value is -0.120. The quantitative estimate of drug-likeness (QED) is 0.651. The second-order valence-corrected chi connectivity index (χ2v) is 3.59. The Kier molecular flexibility index (Phi) is 3.98. The summed E-state index contributed by atoms with van der Waals surface area (Å²) in [5.41, 5.74) is 0. The van der Waals surface area contributed by atoms with Gasteiger partial charge in [0, 0.05) is 13.0 Å². The van der Waals surface area contributed by atoms with Crippen LogP contribution < -0.4 is 5.32 Å². The highest BCUT2D eigenvalue weighted by molar-refractivity contribution is 4.74. The van der Waals surface area contributed by atoms with E-state index in [0.29, 0.717) is 12.6 Å². The SMILES string of the molecule is CNCC(O)CC1CCC(C)O1. The number of rotatable bonds is 4. The Morgan fingerprint density at radius 2 is 2.33 bits per heavy atom. The summed E-state index contributed by atoms with van der Waals surface area (Å²) in [6.07, 6.45) is 3.41. The topological polar surface area (TPSA) is 41.5 Å². The van der Waals surface area contributed by atoms with Gasteiger partial charge in [-0.25, -0.2) is 0 Å². The fourth-order valence-electron chi connectivity index (χ4n) is 1.68. The molecule has 1 aliphatic rings. The number of aliphatic hydroxyl groups excluding tert-OH is 1. The van der Waals surface area contributed by atoms with Gasteiger partial charge in [0.05, 0.1) is 18.3 Å². The Labute approximate surface area is 74.1 Å². The minimum absolute atomic E-state index is 0.259. The third-order valence-electron chi connectivity index (χ3n) is 2.29. The predicted octanol–water partition coefficient (Wildman–Crippen LogP) is 0.524. The lowest BCUT2D eigenvalue weighted by Crippen LogP contribution is -2.27. The fourth-order valence-corrected chi connectivity index (χ4v) is 1.68. The van der Waals surface area contributed by atoms with Crippen LogP contribution in [-0.4, -0.2) is 37.0 Å². The Bertz CT molecular complexity index is 130. The number of hydrogen-bond donors (Lipinski definition) is 2. The predicted molar refractivity (Wildman–Crippen MR) is 48.1 cm³/mol. The van der Waals surface area contributed by atoms with E-state index in [-0.39, 0.29) is 12.2 Å². The van der Waals surface area contributed by atoms with E-state index >= 15 is 0 Å². The standard InChI is InChI=1S/C9H19NO2/c1-7-3-4-9(12-7)5-8(11)6-10-2/h7-11H,3-6H2,1-2H3. The molecule has 0 aromatic heterocycles. The second kappa shape index (κ2) is 4.80. The molecule has 3 nitrogen and oxygen atoms in total. The molecule has 1 rings (SSSR count). The normalized spacial score (nSPS) is 32.2. The molecule has 2 N–H and O–H groups in total. The van der Waals surface area contributed by atoms with Gasteiger partial charge in [-0.05, 0) is 26.8 Å². The van der Waals surface area contributed by atoms with Crippen LogP contribution in [0.3, 0.4) is 0 Å². The van der Waals surface area contributed by atoms with Gasteiger partial charge in [-0.15, -0.1) is 0 Å². The van der Waals surface area contributed by atoms with Crippen LogP contribution in [0.2, 0.25) is 0 Å². The number of likely N-dealkylation sites (N-methyl/N-ethyl adjacent to an activating group) is 1. The highest BCUT2D eigenvalue weighted by Crippen LogP contribution is 2.22. The van der Waals surface area contributed by atoms with Gasteiger partial charge in [-0.1, -0.05) is 0 Å². The highest BCUT2D eigenvalue weighted by Gasteiger charge is 2.23. The van der Waals surface area contributed by atoms with E-state index in [1.165, 1.54) is 0 Å². The molecule has 1 aliphatic heterocycles. The van der Waals surface area contributed by atoms with Crippen molar-refractivity contribution >= 4 is 0 Å². The first-order valence-corrected chi connectivity index (χ1v) is 4.70. The summed E-state index contributed by atoms with van der Waals surface area (Å²) in [5.74, 6) is 0. The molecule has 1 fully saturated rings. The lowest BCUT2D eigenvalue weighted by atomic mass is 10.1. The number of aliphatic hydroxyl groups is 1. The van der Waals surface area contributed by atoms with E-state index in [9.17, 15) is 5.11 Å². The van der Waals surface area contributed by atoms with Gasteiger partial charge in [-0.2, -0.15) is 0 Å². The maximum atomic E-state index is 9.45. The fraction of sp³-hybridized carbons (Fsp3) is 1.00. The average molecular weight is 173 g/mol. The van der Waals surface area contributed by atoms with Crippen LogP contribution in [0.15, 0.2) is 0 Å². The number of ether oxygens (including phenoxy) is 1. The van der Waals surface area contributed by atoms with Crippen LogP contribution in [0.25, 0.3) is 0 Å². The summed E-state index contributed by atoms with van der Waals surface area (Å²) >= 11 is 0. The zero-order valence-corrected chi connectivity index (χ0v) is 7.92. The first-order chi connectivity index (χ1) is 5.72. The van der Waals surface area contributed by atoms with Crippen molar-refractivity contribution in [3.05, 3.63) is 0 Å². The largest absolute Gasteiger partial charge is 0.392 e. The second-order valence-electron chi connectivity index (χ2n) is 3.59. The third kappa shape index (κ3) is 3.09. The molecular formula is C9H19NO2. The maximum Gasteiger partial charge on any atom is 0.0689 e. The first kappa shape index (κ1) is 9.96. The monoisotopic (exact) mass is 173 g/mol. The van der Waals surface area contributed by atoms with Crippen molar-refractivity contribution in [3.63, 3.8) is 0 Å². The number of nitrogens with one attached hydrogen (secondary N) is 1. The van der Waals surface area contributed by atoms with Gasteiger partial charge in [0.15, 0.2) is 0 Å². The van der Waals surface area contributed by atoms with Crippen LogP contribution in [0, 0.1) is 0 Å². The van der Waals surface area contributed by atoms with Crippen LogP contribution >= 0.6 is 0 Å². The Balaban J connectivity index is 2.14. The molecule has 0 radical (unpaired) electrons. The third-order valence-corrected chi connectivity index (χ3v) is 2.29. The summed E-state index contributed by atoms with van der Waals surface area (Å²) in [6, 6.07) is 0. The summed E-state index contributed by atoms with van der Waals surface area (Å²) in [5, 5.41) is 12.4. The van der Waals surface area contributed by atoms with E-state index in [4.69, 9.17) is 4.74 Å². The molecule has 0 aromatic carbocycles. The van der Waals surface area contributed by atoms with Crippen molar-refractivity contribution in [1.82, 2.24) is 5.32 Å². The maximum absolute atomic E-state index is 9.45. The van der Waals surface area contributed by atoms with Crippen molar-refractivity contribution in [2.75, 3.05) is 13.6 Å². The molecule has 12 heavy (non-hydrogen) atoms. The zero-order valence-electron chi connectivity index (χ0n) is 7.92. The van der Waals surface area contributed by atoms with Gasteiger partial charge in [0.2, 0.25) is 0 Å².